The Morgan fingerprint density at radius 1 is 1.00 bits per heavy atom. The molecule has 2 rings (SSSR count). The molecule has 21 heavy (non-hydrogen) atoms. The summed E-state index contributed by atoms with van der Waals surface area (Å²) in [6.07, 6.45) is -4.96. The molecule has 0 heterocycles. The third kappa shape index (κ3) is 3.65. The van der Waals surface area contributed by atoms with Crippen molar-refractivity contribution in [2.24, 2.45) is 0 Å². The molecule has 2 aromatic rings. The van der Waals surface area contributed by atoms with Gasteiger partial charge in [0.2, 0.25) is 0 Å². The number of hydrogen-bond donors (Lipinski definition) is 0. The van der Waals surface area contributed by atoms with Crippen molar-refractivity contribution < 1.29 is 26.7 Å². The molecule has 0 atom stereocenters. The van der Waals surface area contributed by atoms with Crippen LogP contribution in [0.2, 0.25) is 0 Å². The summed E-state index contributed by atoms with van der Waals surface area (Å²) >= 11 is 0. The first kappa shape index (κ1) is 15.2. The minimum Gasteiger partial charge on any atom is -0.294 e. The average Bonchev–Trinajstić information content (AvgIpc) is 2.41. The lowest BCUT2D eigenvalue weighted by Crippen LogP contribution is -2.09. The highest BCUT2D eigenvalue weighted by atomic mass is 19.4. The molecule has 0 unspecified atom stereocenters. The van der Waals surface area contributed by atoms with Gasteiger partial charge in [-0.1, -0.05) is 18.2 Å². The van der Waals surface area contributed by atoms with Crippen molar-refractivity contribution in [3.63, 3.8) is 0 Å². The summed E-state index contributed by atoms with van der Waals surface area (Å²) in [5.41, 5.74) is -1.29. The normalized spacial score (nSPS) is 11.5. The molecular formula is C15H9F5O. The van der Waals surface area contributed by atoms with E-state index in [1.54, 1.807) is 0 Å². The van der Waals surface area contributed by atoms with Crippen molar-refractivity contribution in [1.29, 1.82) is 0 Å². The molecular weight excluding hydrogens is 291 g/mol. The SMILES string of the molecule is O=C(Cc1cccc(C(F)(F)F)c1)c1cc(F)ccc1F. The smallest absolute Gasteiger partial charge is 0.294 e. The van der Waals surface area contributed by atoms with Gasteiger partial charge in [-0.15, -0.1) is 0 Å². The Labute approximate surface area is 117 Å². The summed E-state index contributed by atoms with van der Waals surface area (Å²) in [5, 5.41) is 0. The van der Waals surface area contributed by atoms with Gasteiger partial charge in [0, 0.05) is 6.42 Å². The standard InChI is InChI=1S/C15H9F5O/c16-11-4-5-13(17)12(8-11)14(21)7-9-2-1-3-10(6-9)15(18,19)20/h1-6,8H,7H2. The minimum atomic E-state index is -4.52. The second kappa shape index (κ2) is 5.63. The van der Waals surface area contributed by atoms with Crippen LogP contribution in [0.25, 0.3) is 0 Å². The first-order valence-electron chi connectivity index (χ1n) is 5.92. The van der Waals surface area contributed by atoms with Gasteiger partial charge in [0.15, 0.2) is 5.78 Å². The van der Waals surface area contributed by atoms with E-state index in [1.165, 1.54) is 6.07 Å². The Hall–Kier alpha value is -2.24. The molecule has 0 aromatic heterocycles. The van der Waals surface area contributed by atoms with Crippen molar-refractivity contribution in [2.45, 2.75) is 12.6 Å². The molecule has 0 spiro atoms. The van der Waals surface area contributed by atoms with E-state index in [0.29, 0.717) is 0 Å². The van der Waals surface area contributed by atoms with Crippen LogP contribution in [0.15, 0.2) is 42.5 Å². The number of hydrogen-bond acceptors (Lipinski definition) is 1. The average molecular weight is 300 g/mol. The van der Waals surface area contributed by atoms with E-state index in [0.717, 1.165) is 36.4 Å². The van der Waals surface area contributed by atoms with Gasteiger partial charge in [-0.05, 0) is 29.8 Å². The Morgan fingerprint density at radius 3 is 2.38 bits per heavy atom. The maximum Gasteiger partial charge on any atom is 0.416 e. The maximum absolute atomic E-state index is 13.4. The molecule has 0 N–H and O–H groups in total. The molecule has 6 heteroatoms. The molecule has 0 saturated carbocycles. The molecule has 2 aromatic carbocycles. The predicted octanol–water partition coefficient (Wildman–Crippen LogP) is 4.41. The van der Waals surface area contributed by atoms with Crippen LogP contribution < -0.4 is 0 Å². The van der Waals surface area contributed by atoms with E-state index in [4.69, 9.17) is 0 Å². The van der Waals surface area contributed by atoms with E-state index in [9.17, 15) is 26.7 Å². The van der Waals surface area contributed by atoms with Gasteiger partial charge >= 0.3 is 6.18 Å². The first-order chi connectivity index (χ1) is 9.77. The number of rotatable bonds is 3. The lowest BCUT2D eigenvalue weighted by molar-refractivity contribution is -0.137. The van der Waals surface area contributed by atoms with Crippen LogP contribution in [0.5, 0.6) is 0 Å². The number of carbonyl (C=O) groups excluding carboxylic acids is 1. The fourth-order valence-electron chi connectivity index (χ4n) is 1.85. The summed E-state index contributed by atoms with van der Waals surface area (Å²) in [5.74, 6) is -2.48. The monoisotopic (exact) mass is 300 g/mol. The lowest BCUT2D eigenvalue weighted by atomic mass is 10.0. The van der Waals surface area contributed by atoms with E-state index in [-0.39, 0.29) is 5.56 Å². The lowest BCUT2D eigenvalue weighted by Gasteiger charge is -2.08. The van der Waals surface area contributed by atoms with E-state index in [2.05, 4.69) is 0 Å². The molecule has 0 radical (unpaired) electrons. The third-order valence-electron chi connectivity index (χ3n) is 2.85. The summed E-state index contributed by atoms with van der Waals surface area (Å²) in [7, 11) is 0. The molecule has 110 valence electrons. The zero-order valence-corrected chi connectivity index (χ0v) is 10.5. The van der Waals surface area contributed by atoms with Crippen LogP contribution in [-0.4, -0.2) is 5.78 Å². The molecule has 0 saturated heterocycles. The van der Waals surface area contributed by atoms with Crippen molar-refractivity contribution in [2.75, 3.05) is 0 Å². The first-order valence-corrected chi connectivity index (χ1v) is 5.92. The van der Waals surface area contributed by atoms with Crippen LogP contribution in [0.4, 0.5) is 22.0 Å². The Balaban J connectivity index is 2.26. The zero-order chi connectivity index (χ0) is 15.6. The molecule has 0 fully saturated rings. The highest BCUT2D eigenvalue weighted by molar-refractivity contribution is 5.97. The van der Waals surface area contributed by atoms with Crippen LogP contribution in [0, 0.1) is 11.6 Å². The van der Waals surface area contributed by atoms with Crippen LogP contribution in [-0.2, 0) is 12.6 Å². The Morgan fingerprint density at radius 2 is 1.71 bits per heavy atom. The van der Waals surface area contributed by atoms with Gasteiger partial charge in [0.1, 0.15) is 11.6 Å². The fourth-order valence-corrected chi connectivity index (χ4v) is 1.85. The Kier molecular flexibility index (Phi) is 4.06. The van der Waals surface area contributed by atoms with Crippen molar-refractivity contribution in [1.82, 2.24) is 0 Å². The molecule has 0 aliphatic carbocycles. The number of benzene rings is 2. The number of carbonyl (C=O) groups is 1. The van der Waals surface area contributed by atoms with Gasteiger partial charge in [0.25, 0.3) is 0 Å². The van der Waals surface area contributed by atoms with E-state index in [1.807, 2.05) is 0 Å². The molecule has 0 aliphatic heterocycles. The van der Waals surface area contributed by atoms with Crippen molar-refractivity contribution in [3.05, 3.63) is 70.8 Å². The van der Waals surface area contributed by atoms with Crippen LogP contribution in [0.3, 0.4) is 0 Å². The van der Waals surface area contributed by atoms with Crippen LogP contribution >= 0.6 is 0 Å². The molecule has 0 bridgehead atoms. The number of alkyl halides is 3. The molecule has 0 aliphatic rings. The summed E-state index contributed by atoms with van der Waals surface area (Å²) in [6.45, 7) is 0. The minimum absolute atomic E-state index is 0.0819. The second-order valence-corrected chi connectivity index (χ2v) is 4.42. The third-order valence-corrected chi connectivity index (χ3v) is 2.85. The van der Waals surface area contributed by atoms with Crippen molar-refractivity contribution in [3.8, 4) is 0 Å². The second-order valence-electron chi connectivity index (χ2n) is 4.42. The number of ketones is 1. The molecule has 0 amide bonds. The maximum atomic E-state index is 13.4. The molecule has 1 nitrogen and oxygen atoms in total. The van der Waals surface area contributed by atoms with Gasteiger partial charge in [-0.2, -0.15) is 13.2 Å². The largest absolute Gasteiger partial charge is 0.416 e. The summed E-state index contributed by atoms with van der Waals surface area (Å²) in [6, 6.07) is 6.56. The van der Waals surface area contributed by atoms with Crippen LogP contribution in [0.1, 0.15) is 21.5 Å². The van der Waals surface area contributed by atoms with E-state index < -0.39 is 41.1 Å². The highest BCUT2D eigenvalue weighted by Gasteiger charge is 2.30. The summed E-state index contributed by atoms with van der Waals surface area (Å²) < 4.78 is 64.1. The Bertz CT molecular complexity index is 676. The summed E-state index contributed by atoms with van der Waals surface area (Å²) in [4.78, 5) is 11.9. The van der Waals surface area contributed by atoms with Gasteiger partial charge in [0.05, 0.1) is 11.1 Å². The topological polar surface area (TPSA) is 17.1 Å². The highest BCUT2D eigenvalue weighted by Crippen LogP contribution is 2.29. The van der Waals surface area contributed by atoms with Gasteiger partial charge in [-0.3, -0.25) is 4.79 Å². The quantitative estimate of drug-likeness (QED) is 0.606. The van der Waals surface area contributed by atoms with Crippen molar-refractivity contribution >= 4 is 5.78 Å². The van der Waals surface area contributed by atoms with Gasteiger partial charge < -0.3 is 0 Å². The predicted molar refractivity (Wildman–Crippen MR) is 65.8 cm³/mol. The number of Topliss-reactive ketones (excluding diaryl/α,β-unsaturated/α-hetero) is 1. The van der Waals surface area contributed by atoms with E-state index >= 15 is 0 Å². The van der Waals surface area contributed by atoms with Gasteiger partial charge in [-0.25, -0.2) is 8.78 Å². The fraction of sp³-hybridized carbons (Fsp3) is 0.133. The number of halogens is 5. The zero-order valence-electron chi connectivity index (χ0n) is 10.5.